The maximum atomic E-state index is 5.36. The molecule has 44 heavy (non-hydrogen) atoms. The molecule has 5 aromatic heterocycles. The first-order valence-corrected chi connectivity index (χ1v) is 14.9. The van der Waals surface area contributed by atoms with Crippen molar-refractivity contribution in [2.45, 2.75) is 0 Å². The summed E-state index contributed by atoms with van der Waals surface area (Å²) in [4.78, 5) is 15.2. The lowest BCUT2D eigenvalue weighted by molar-refractivity contribution is 1.08. The molecule has 0 N–H and O–H groups in total. The highest BCUT2D eigenvalue weighted by Gasteiger charge is 2.26. The third kappa shape index (κ3) is 2.64. The van der Waals surface area contributed by atoms with Gasteiger partial charge in [0.25, 0.3) is 0 Å². The highest BCUT2D eigenvalue weighted by molar-refractivity contribution is 6.37. The molecule has 0 aliphatic rings. The summed E-state index contributed by atoms with van der Waals surface area (Å²) in [5.74, 6) is 0.832. The maximum Gasteiger partial charge on any atom is 0.165 e. The Morgan fingerprint density at radius 2 is 1.23 bits per heavy atom. The van der Waals surface area contributed by atoms with Crippen LogP contribution in [0.4, 0.5) is 0 Å². The molecule has 11 rings (SSSR count). The highest BCUT2D eigenvalue weighted by Crippen LogP contribution is 2.48. The Kier molecular flexibility index (Phi) is 4.02. The van der Waals surface area contributed by atoms with E-state index >= 15 is 0 Å². The van der Waals surface area contributed by atoms with Gasteiger partial charge in [-0.3, -0.25) is 9.55 Å². The van der Waals surface area contributed by atoms with E-state index in [4.69, 9.17) is 9.97 Å². The number of rotatable bonds is 2. The minimum Gasteiger partial charge on any atom is -0.306 e. The highest BCUT2D eigenvalue weighted by atomic mass is 15.1. The van der Waals surface area contributed by atoms with Crippen molar-refractivity contribution in [3.63, 3.8) is 0 Å². The SMILES string of the molecule is c1ccc(-c2nc3ccccc3nc2-n2c3ccc4ccc5cccc6c5c4c3c3c2ccc2c4ccncc4n6c23)cc1. The van der Waals surface area contributed by atoms with E-state index in [-0.39, 0.29) is 0 Å². The van der Waals surface area contributed by atoms with E-state index in [1.165, 1.54) is 54.1 Å². The molecule has 202 valence electrons. The van der Waals surface area contributed by atoms with E-state index in [2.05, 4.69) is 105 Å². The fraction of sp³-hybridized carbons (Fsp3) is 0. The summed E-state index contributed by atoms with van der Waals surface area (Å²) >= 11 is 0. The van der Waals surface area contributed by atoms with Crippen LogP contribution in [0.5, 0.6) is 0 Å². The fourth-order valence-corrected chi connectivity index (χ4v) is 7.71. The first-order valence-electron chi connectivity index (χ1n) is 14.9. The summed E-state index contributed by atoms with van der Waals surface area (Å²) in [7, 11) is 0. The summed E-state index contributed by atoms with van der Waals surface area (Å²) < 4.78 is 4.79. The predicted molar refractivity (Wildman–Crippen MR) is 180 cm³/mol. The van der Waals surface area contributed by atoms with E-state index in [9.17, 15) is 0 Å². The zero-order chi connectivity index (χ0) is 28.5. The standard InChI is InChI=1S/C39H21N5/c1-2-7-24(8-3-1)37-39(42-28-11-5-4-10-27(28)41-37)44-30-17-15-23-14-13-22-9-6-12-29-33(22)34(23)35(30)36-31(44)18-16-26-25-19-20-40-21-32(25)43(29)38(26)36/h1-21H. The molecule has 5 heterocycles. The minimum atomic E-state index is 0.832. The Morgan fingerprint density at radius 3 is 2.11 bits per heavy atom. The zero-order valence-electron chi connectivity index (χ0n) is 23.4. The molecule has 0 aliphatic carbocycles. The van der Waals surface area contributed by atoms with Gasteiger partial charge in [-0.15, -0.1) is 0 Å². The molecule has 0 radical (unpaired) electrons. The second-order valence-electron chi connectivity index (χ2n) is 11.7. The number of hydrogen-bond donors (Lipinski definition) is 0. The molecular weight excluding hydrogens is 538 g/mol. The van der Waals surface area contributed by atoms with E-state index in [1.54, 1.807) is 0 Å². The van der Waals surface area contributed by atoms with E-state index in [1.807, 2.05) is 36.7 Å². The van der Waals surface area contributed by atoms with Gasteiger partial charge in [0.15, 0.2) is 5.82 Å². The van der Waals surface area contributed by atoms with E-state index in [0.29, 0.717) is 0 Å². The molecule has 6 aromatic carbocycles. The molecule has 0 fully saturated rings. The van der Waals surface area contributed by atoms with Gasteiger partial charge < -0.3 is 4.40 Å². The molecule has 0 atom stereocenters. The monoisotopic (exact) mass is 559 g/mol. The van der Waals surface area contributed by atoms with Crippen molar-refractivity contribution >= 4 is 81.7 Å². The fourth-order valence-electron chi connectivity index (χ4n) is 7.71. The molecule has 0 saturated heterocycles. The van der Waals surface area contributed by atoms with Crippen molar-refractivity contribution in [2.24, 2.45) is 0 Å². The third-order valence-electron chi connectivity index (χ3n) is 9.48. The summed E-state index contributed by atoms with van der Waals surface area (Å²) in [6.45, 7) is 0. The zero-order valence-corrected chi connectivity index (χ0v) is 23.4. The minimum absolute atomic E-state index is 0.832. The molecule has 0 aliphatic heterocycles. The van der Waals surface area contributed by atoms with Gasteiger partial charge in [0, 0.05) is 44.1 Å². The Bertz CT molecular complexity index is 2930. The molecule has 5 nitrogen and oxygen atoms in total. The first kappa shape index (κ1) is 22.5. The summed E-state index contributed by atoms with van der Waals surface area (Å²) in [6.07, 6.45) is 3.90. The van der Waals surface area contributed by atoms with Gasteiger partial charge in [0.2, 0.25) is 0 Å². The molecule has 0 spiro atoms. The van der Waals surface area contributed by atoms with Gasteiger partial charge in [-0.05, 0) is 47.2 Å². The summed E-state index contributed by atoms with van der Waals surface area (Å²) in [6, 6.07) is 41.0. The second-order valence-corrected chi connectivity index (χ2v) is 11.7. The summed E-state index contributed by atoms with van der Waals surface area (Å²) in [5, 5.41) is 9.92. The van der Waals surface area contributed by atoms with Crippen molar-refractivity contribution in [3.8, 4) is 17.1 Å². The van der Waals surface area contributed by atoms with Crippen LogP contribution in [-0.4, -0.2) is 23.9 Å². The normalized spacial score (nSPS) is 12.5. The average molecular weight is 560 g/mol. The number of pyridine rings is 1. The number of benzene rings is 6. The predicted octanol–water partition coefficient (Wildman–Crippen LogP) is 9.53. The van der Waals surface area contributed by atoms with Crippen molar-refractivity contribution in [2.75, 3.05) is 0 Å². The van der Waals surface area contributed by atoms with E-state index < -0.39 is 0 Å². The van der Waals surface area contributed by atoms with Crippen LogP contribution in [-0.2, 0) is 0 Å². The van der Waals surface area contributed by atoms with Crippen LogP contribution in [0.25, 0.3) is 98.8 Å². The Morgan fingerprint density at radius 1 is 0.477 bits per heavy atom. The number of hydrogen-bond acceptors (Lipinski definition) is 3. The van der Waals surface area contributed by atoms with Crippen molar-refractivity contribution in [1.82, 2.24) is 23.9 Å². The first-order chi connectivity index (χ1) is 21.8. The van der Waals surface area contributed by atoms with Crippen LogP contribution in [0.3, 0.4) is 0 Å². The van der Waals surface area contributed by atoms with Crippen molar-refractivity contribution in [3.05, 3.63) is 128 Å². The second kappa shape index (κ2) is 7.85. The quantitative estimate of drug-likeness (QED) is 0.198. The molecule has 0 amide bonds. The van der Waals surface area contributed by atoms with Crippen molar-refractivity contribution < 1.29 is 0 Å². The van der Waals surface area contributed by atoms with Gasteiger partial charge in [0.05, 0.1) is 44.8 Å². The number of para-hydroxylation sites is 2. The average Bonchev–Trinajstić information content (AvgIpc) is 3.55. The van der Waals surface area contributed by atoms with Crippen LogP contribution in [0.15, 0.2) is 128 Å². The van der Waals surface area contributed by atoms with Crippen LogP contribution in [0.2, 0.25) is 0 Å². The Balaban J connectivity index is 1.46. The van der Waals surface area contributed by atoms with E-state index in [0.717, 1.165) is 44.7 Å². The molecule has 0 bridgehead atoms. The molecule has 5 heteroatoms. The Labute approximate surface area is 249 Å². The van der Waals surface area contributed by atoms with Gasteiger partial charge >= 0.3 is 0 Å². The molecular formula is C39H21N5. The molecule has 0 saturated carbocycles. The number of fused-ring (bicyclic) bond motifs is 5. The lowest BCUT2D eigenvalue weighted by Gasteiger charge is -2.14. The lowest BCUT2D eigenvalue weighted by Crippen LogP contribution is -2.03. The topological polar surface area (TPSA) is 48.0 Å². The number of nitrogens with zero attached hydrogens (tertiary/aromatic N) is 5. The lowest BCUT2D eigenvalue weighted by atomic mass is 9.97. The van der Waals surface area contributed by atoms with Crippen LogP contribution < -0.4 is 0 Å². The molecule has 0 unspecified atom stereocenters. The van der Waals surface area contributed by atoms with Gasteiger partial charge in [-0.2, -0.15) is 0 Å². The maximum absolute atomic E-state index is 5.36. The summed E-state index contributed by atoms with van der Waals surface area (Å²) in [5.41, 5.74) is 9.42. The van der Waals surface area contributed by atoms with Crippen LogP contribution >= 0.6 is 0 Å². The Hall–Kier alpha value is -6.07. The number of aromatic nitrogens is 5. The van der Waals surface area contributed by atoms with Gasteiger partial charge in [0.1, 0.15) is 5.69 Å². The van der Waals surface area contributed by atoms with Crippen molar-refractivity contribution in [1.29, 1.82) is 0 Å². The van der Waals surface area contributed by atoms with Gasteiger partial charge in [-0.1, -0.05) is 78.9 Å². The largest absolute Gasteiger partial charge is 0.306 e. The van der Waals surface area contributed by atoms with Crippen LogP contribution in [0.1, 0.15) is 0 Å². The third-order valence-corrected chi connectivity index (χ3v) is 9.48. The van der Waals surface area contributed by atoms with Crippen LogP contribution in [0, 0.1) is 0 Å². The molecule has 11 aromatic rings. The van der Waals surface area contributed by atoms with Gasteiger partial charge in [-0.25, -0.2) is 9.97 Å². The smallest absolute Gasteiger partial charge is 0.165 e.